The molecule has 4 heterocycles. The number of nitrogens with zero attached hydrogens (tertiary/aromatic N) is 5. The summed E-state index contributed by atoms with van der Waals surface area (Å²) in [6.07, 6.45) is 8.70. The minimum atomic E-state index is -0.0312. The van der Waals surface area contributed by atoms with Gasteiger partial charge in [-0.3, -0.25) is 9.78 Å². The molecule has 0 aliphatic carbocycles. The van der Waals surface area contributed by atoms with E-state index in [1.165, 1.54) is 17.7 Å². The maximum absolute atomic E-state index is 12.3. The van der Waals surface area contributed by atoms with Gasteiger partial charge in [0.1, 0.15) is 11.5 Å². The zero-order valence-electron chi connectivity index (χ0n) is 14.5. The van der Waals surface area contributed by atoms with Crippen LogP contribution in [0.3, 0.4) is 0 Å². The monoisotopic (exact) mass is 341 g/mol. The zero-order chi connectivity index (χ0) is 17.2. The van der Waals surface area contributed by atoms with Crippen LogP contribution in [0.1, 0.15) is 40.8 Å². The van der Waals surface area contributed by atoms with Crippen molar-refractivity contribution in [3.05, 3.63) is 42.0 Å². The first-order valence-corrected chi connectivity index (χ1v) is 8.87. The Labute approximate surface area is 147 Å². The maximum atomic E-state index is 12.3. The second kappa shape index (κ2) is 6.92. The Bertz CT molecular complexity index is 733. The average Bonchev–Trinajstić information content (AvgIpc) is 2.99. The number of hydrogen-bond donors (Lipinski definition) is 0. The number of carbonyl (C=O) groups excluding carboxylic acids is 1. The number of imidazole rings is 1. The molecular formula is C18H23N5O2. The van der Waals surface area contributed by atoms with Crippen LogP contribution in [0.5, 0.6) is 0 Å². The Balaban J connectivity index is 1.38. The van der Waals surface area contributed by atoms with Crippen LogP contribution in [0.4, 0.5) is 0 Å². The molecule has 0 bridgehead atoms. The number of carbonyl (C=O) groups is 1. The summed E-state index contributed by atoms with van der Waals surface area (Å²) in [6.45, 7) is 6.20. The SMILES string of the molecule is Cc1cnc(C2CCOCC2)n1CC1CN(C(=O)c2cnccn2)C1. The highest BCUT2D eigenvalue weighted by atomic mass is 16.5. The summed E-state index contributed by atoms with van der Waals surface area (Å²) >= 11 is 0. The molecule has 132 valence electrons. The van der Waals surface area contributed by atoms with Gasteiger partial charge in [0.05, 0.1) is 6.20 Å². The molecule has 0 saturated carbocycles. The highest BCUT2D eigenvalue weighted by Gasteiger charge is 2.33. The molecule has 7 nitrogen and oxygen atoms in total. The van der Waals surface area contributed by atoms with E-state index in [0.29, 0.717) is 17.5 Å². The van der Waals surface area contributed by atoms with Gasteiger partial charge >= 0.3 is 0 Å². The van der Waals surface area contributed by atoms with Gasteiger partial charge in [-0.05, 0) is 19.8 Å². The van der Waals surface area contributed by atoms with Crippen molar-refractivity contribution >= 4 is 5.91 Å². The van der Waals surface area contributed by atoms with Crippen molar-refractivity contribution < 1.29 is 9.53 Å². The van der Waals surface area contributed by atoms with Crippen LogP contribution >= 0.6 is 0 Å². The molecule has 25 heavy (non-hydrogen) atoms. The lowest BCUT2D eigenvalue weighted by molar-refractivity contribution is 0.0454. The number of amides is 1. The molecule has 0 aromatic carbocycles. The van der Waals surface area contributed by atoms with Crippen molar-refractivity contribution in [2.24, 2.45) is 5.92 Å². The smallest absolute Gasteiger partial charge is 0.274 e. The van der Waals surface area contributed by atoms with Gasteiger partial charge in [0, 0.05) is 69.0 Å². The van der Waals surface area contributed by atoms with Gasteiger partial charge in [-0.1, -0.05) is 0 Å². The van der Waals surface area contributed by atoms with Gasteiger partial charge in [-0.15, -0.1) is 0 Å². The second-order valence-electron chi connectivity index (χ2n) is 6.92. The molecule has 0 N–H and O–H groups in total. The summed E-state index contributed by atoms with van der Waals surface area (Å²) < 4.78 is 7.81. The predicted octanol–water partition coefficient (Wildman–Crippen LogP) is 1.65. The van der Waals surface area contributed by atoms with Crippen molar-refractivity contribution in [3.63, 3.8) is 0 Å². The minimum absolute atomic E-state index is 0.0312. The van der Waals surface area contributed by atoms with E-state index in [4.69, 9.17) is 4.74 Å². The fourth-order valence-electron chi connectivity index (χ4n) is 3.68. The van der Waals surface area contributed by atoms with E-state index in [1.807, 2.05) is 11.1 Å². The van der Waals surface area contributed by atoms with Crippen LogP contribution in [0.25, 0.3) is 0 Å². The number of rotatable bonds is 4. The number of aryl methyl sites for hydroxylation is 1. The molecule has 4 rings (SSSR count). The van der Waals surface area contributed by atoms with Crippen LogP contribution < -0.4 is 0 Å². The average molecular weight is 341 g/mol. The molecule has 2 aromatic heterocycles. The van der Waals surface area contributed by atoms with Gasteiger partial charge in [0.2, 0.25) is 0 Å². The highest BCUT2D eigenvalue weighted by molar-refractivity contribution is 5.92. The van der Waals surface area contributed by atoms with Crippen molar-refractivity contribution in [1.29, 1.82) is 0 Å². The van der Waals surface area contributed by atoms with Gasteiger partial charge < -0.3 is 14.2 Å². The van der Waals surface area contributed by atoms with E-state index in [-0.39, 0.29) is 5.91 Å². The zero-order valence-corrected chi connectivity index (χ0v) is 14.5. The molecule has 2 fully saturated rings. The fraction of sp³-hybridized carbons (Fsp3) is 0.556. The molecule has 1 amide bonds. The molecule has 2 aliphatic rings. The fourth-order valence-corrected chi connectivity index (χ4v) is 3.68. The minimum Gasteiger partial charge on any atom is -0.381 e. The summed E-state index contributed by atoms with van der Waals surface area (Å²) in [6, 6.07) is 0. The Morgan fingerprint density at radius 2 is 2.00 bits per heavy atom. The number of aromatic nitrogens is 4. The Morgan fingerprint density at radius 3 is 2.72 bits per heavy atom. The Kier molecular flexibility index (Phi) is 4.48. The molecule has 0 unspecified atom stereocenters. The van der Waals surface area contributed by atoms with Gasteiger partial charge in [0.15, 0.2) is 0 Å². The van der Waals surface area contributed by atoms with Crippen molar-refractivity contribution in [1.82, 2.24) is 24.4 Å². The normalized spacial score (nSPS) is 19.0. The molecule has 0 spiro atoms. The standard InChI is InChI=1S/C18H23N5O2/c1-13-8-21-17(15-2-6-25-7-3-15)23(13)12-14-10-22(11-14)18(24)16-9-19-4-5-20-16/h4-5,8-9,14-15H,2-3,6-7,10-12H2,1H3. The van der Waals surface area contributed by atoms with Gasteiger partial charge in [0.25, 0.3) is 5.91 Å². The molecule has 7 heteroatoms. The van der Waals surface area contributed by atoms with Crippen LogP contribution in [0.15, 0.2) is 24.8 Å². The second-order valence-corrected chi connectivity index (χ2v) is 6.92. The van der Waals surface area contributed by atoms with E-state index in [9.17, 15) is 4.79 Å². The lowest BCUT2D eigenvalue weighted by atomic mass is 9.97. The largest absolute Gasteiger partial charge is 0.381 e. The topological polar surface area (TPSA) is 73.1 Å². The van der Waals surface area contributed by atoms with Crippen molar-refractivity contribution in [2.45, 2.75) is 32.2 Å². The summed E-state index contributed by atoms with van der Waals surface area (Å²) in [5.74, 6) is 2.10. The number of hydrogen-bond acceptors (Lipinski definition) is 5. The molecule has 0 atom stereocenters. The Morgan fingerprint density at radius 1 is 1.20 bits per heavy atom. The van der Waals surface area contributed by atoms with E-state index in [0.717, 1.165) is 45.7 Å². The summed E-state index contributed by atoms with van der Waals surface area (Å²) in [5, 5.41) is 0. The van der Waals surface area contributed by atoms with Crippen LogP contribution in [-0.2, 0) is 11.3 Å². The van der Waals surface area contributed by atoms with Gasteiger partial charge in [-0.25, -0.2) is 9.97 Å². The van der Waals surface area contributed by atoms with E-state index in [1.54, 1.807) is 12.4 Å². The third-order valence-corrected chi connectivity index (χ3v) is 5.14. The molecule has 2 aliphatic heterocycles. The lowest BCUT2D eigenvalue weighted by Gasteiger charge is -2.39. The third kappa shape index (κ3) is 3.28. The van der Waals surface area contributed by atoms with E-state index in [2.05, 4.69) is 26.4 Å². The van der Waals surface area contributed by atoms with Crippen LogP contribution in [0, 0.1) is 12.8 Å². The number of likely N-dealkylation sites (tertiary alicyclic amines) is 1. The summed E-state index contributed by atoms with van der Waals surface area (Å²) in [7, 11) is 0. The van der Waals surface area contributed by atoms with E-state index < -0.39 is 0 Å². The first-order chi connectivity index (χ1) is 12.2. The van der Waals surface area contributed by atoms with Crippen molar-refractivity contribution in [2.75, 3.05) is 26.3 Å². The third-order valence-electron chi connectivity index (χ3n) is 5.14. The molecular weight excluding hydrogens is 318 g/mol. The summed E-state index contributed by atoms with van der Waals surface area (Å²) in [5.41, 5.74) is 1.61. The van der Waals surface area contributed by atoms with Crippen LogP contribution in [0.2, 0.25) is 0 Å². The van der Waals surface area contributed by atoms with Crippen LogP contribution in [-0.4, -0.2) is 56.6 Å². The number of ether oxygens (including phenoxy) is 1. The maximum Gasteiger partial charge on any atom is 0.274 e. The first-order valence-electron chi connectivity index (χ1n) is 8.87. The summed E-state index contributed by atoms with van der Waals surface area (Å²) in [4.78, 5) is 26.9. The Hall–Kier alpha value is -2.28. The first kappa shape index (κ1) is 16.2. The molecule has 0 radical (unpaired) electrons. The lowest BCUT2D eigenvalue weighted by Crippen LogP contribution is -2.51. The molecule has 2 aromatic rings. The quantitative estimate of drug-likeness (QED) is 0.845. The predicted molar refractivity (Wildman–Crippen MR) is 91.2 cm³/mol. The van der Waals surface area contributed by atoms with Crippen molar-refractivity contribution in [3.8, 4) is 0 Å². The van der Waals surface area contributed by atoms with Gasteiger partial charge in [-0.2, -0.15) is 0 Å². The van der Waals surface area contributed by atoms with E-state index >= 15 is 0 Å². The molecule has 2 saturated heterocycles. The highest BCUT2D eigenvalue weighted by Crippen LogP contribution is 2.28.